The van der Waals surface area contributed by atoms with Crippen LogP contribution < -0.4 is 5.32 Å². The van der Waals surface area contributed by atoms with Crippen molar-refractivity contribution in [3.63, 3.8) is 0 Å². The minimum absolute atomic E-state index is 0.0307. The summed E-state index contributed by atoms with van der Waals surface area (Å²) in [7, 11) is 3.72. The minimum atomic E-state index is -4.39. The van der Waals surface area contributed by atoms with Crippen LogP contribution in [0.5, 0.6) is 0 Å². The van der Waals surface area contributed by atoms with Gasteiger partial charge in [0, 0.05) is 45.1 Å². The highest BCUT2D eigenvalue weighted by Crippen LogP contribution is 2.38. The molecule has 30 heavy (non-hydrogen) atoms. The fourth-order valence-electron chi connectivity index (χ4n) is 4.48. The molecule has 1 saturated heterocycles. The molecular weight excluding hydrogens is 401 g/mol. The number of alkyl halides is 3. The van der Waals surface area contributed by atoms with E-state index in [1.165, 1.54) is 4.90 Å². The maximum Gasteiger partial charge on any atom is 0.401 e. The predicted molar refractivity (Wildman–Crippen MR) is 106 cm³/mol. The average molecular weight is 435 g/mol. The van der Waals surface area contributed by atoms with E-state index in [1.54, 1.807) is 0 Å². The highest BCUT2D eigenvalue weighted by molar-refractivity contribution is 5.95. The first-order valence-electron chi connectivity index (χ1n) is 10.6. The zero-order valence-corrected chi connectivity index (χ0v) is 18.0. The summed E-state index contributed by atoms with van der Waals surface area (Å²) in [6, 6.07) is -0.866. The number of carbonyl (C=O) groups is 3. The molecule has 0 spiro atoms. The number of amides is 3. The number of piperidine rings is 1. The quantitative estimate of drug-likeness (QED) is 0.665. The second-order valence-electron chi connectivity index (χ2n) is 8.61. The second-order valence-corrected chi connectivity index (χ2v) is 8.61. The minimum Gasteiger partial charge on any atom is -0.336 e. The van der Waals surface area contributed by atoms with E-state index in [-0.39, 0.29) is 43.7 Å². The van der Waals surface area contributed by atoms with E-state index in [0.29, 0.717) is 32.4 Å². The smallest absolute Gasteiger partial charge is 0.336 e. The standard InChI is InChI=1S/C20H33F3N4O3/c1-4-8-27(19(30)24-7-9-25(2)3)18(29)15-10-14-11-16(28)5-6-17(14)26(12-15)13-20(21,22)23/h14-15,17H,4-13H2,1-3H3,(H,24,30)/t14-,15-,17-/m1/s1. The number of carbonyl (C=O) groups excluding carboxylic acids is 3. The third kappa shape index (κ3) is 6.94. The number of urea groups is 1. The van der Waals surface area contributed by atoms with Crippen LogP contribution in [-0.4, -0.2) is 91.5 Å². The molecule has 2 rings (SSSR count). The molecule has 7 nitrogen and oxygen atoms in total. The normalized spacial score (nSPS) is 25.2. The number of likely N-dealkylation sites (N-methyl/N-ethyl adjacent to an activating group) is 1. The number of ketones is 1. The van der Waals surface area contributed by atoms with Gasteiger partial charge < -0.3 is 10.2 Å². The fourth-order valence-corrected chi connectivity index (χ4v) is 4.48. The van der Waals surface area contributed by atoms with Gasteiger partial charge in [-0.25, -0.2) is 4.79 Å². The summed E-state index contributed by atoms with van der Waals surface area (Å²) in [6.07, 6.45) is -2.62. The summed E-state index contributed by atoms with van der Waals surface area (Å²) in [4.78, 5) is 41.9. The maximum absolute atomic E-state index is 13.2. The topological polar surface area (TPSA) is 73.0 Å². The van der Waals surface area contributed by atoms with Crippen molar-refractivity contribution in [2.24, 2.45) is 11.8 Å². The number of fused-ring (bicyclic) bond motifs is 1. The molecule has 0 unspecified atom stereocenters. The van der Waals surface area contributed by atoms with Gasteiger partial charge in [-0.3, -0.25) is 19.4 Å². The molecule has 3 atom stereocenters. The van der Waals surface area contributed by atoms with Crippen molar-refractivity contribution >= 4 is 17.7 Å². The molecule has 3 amide bonds. The Balaban J connectivity index is 2.13. The Morgan fingerprint density at radius 1 is 1.23 bits per heavy atom. The number of rotatable bonds is 7. The first-order valence-corrected chi connectivity index (χ1v) is 10.6. The summed E-state index contributed by atoms with van der Waals surface area (Å²) in [6.45, 7) is 1.86. The number of likely N-dealkylation sites (tertiary alicyclic amines) is 1. The van der Waals surface area contributed by atoms with E-state index in [1.807, 2.05) is 25.9 Å². The van der Waals surface area contributed by atoms with Gasteiger partial charge in [-0.05, 0) is 39.3 Å². The summed E-state index contributed by atoms with van der Waals surface area (Å²) in [5.74, 6) is -1.44. The molecule has 1 aliphatic carbocycles. The van der Waals surface area contributed by atoms with Crippen LogP contribution in [0.1, 0.15) is 39.0 Å². The zero-order valence-electron chi connectivity index (χ0n) is 18.0. The van der Waals surface area contributed by atoms with Gasteiger partial charge in [0.25, 0.3) is 0 Å². The number of hydrogen-bond donors (Lipinski definition) is 1. The zero-order chi connectivity index (χ0) is 22.5. The monoisotopic (exact) mass is 434 g/mol. The van der Waals surface area contributed by atoms with E-state index in [9.17, 15) is 27.6 Å². The SMILES string of the molecule is CCCN(C(=O)NCCN(C)C)C(=O)[C@@H]1C[C@@H]2CC(=O)CC[C@H]2N(CC(F)(F)F)C1. The molecule has 1 aliphatic heterocycles. The third-order valence-electron chi connectivity index (χ3n) is 5.79. The predicted octanol–water partition coefficient (Wildman–Crippen LogP) is 2.12. The van der Waals surface area contributed by atoms with Crippen molar-refractivity contribution in [3.05, 3.63) is 0 Å². The Morgan fingerprint density at radius 3 is 2.53 bits per heavy atom. The van der Waals surface area contributed by atoms with Crippen LogP contribution in [0.15, 0.2) is 0 Å². The van der Waals surface area contributed by atoms with Gasteiger partial charge in [-0.15, -0.1) is 0 Å². The molecule has 0 radical (unpaired) electrons. The fraction of sp³-hybridized carbons (Fsp3) is 0.850. The van der Waals surface area contributed by atoms with Crippen molar-refractivity contribution < 1.29 is 27.6 Å². The van der Waals surface area contributed by atoms with Crippen molar-refractivity contribution in [1.29, 1.82) is 0 Å². The van der Waals surface area contributed by atoms with E-state index in [2.05, 4.69) is 5.32 Å². The molecule has 2 fully saturated rings. The van der Waals surface area contributed by atoms with Crippen LogP contribution in [0.4, 0.5) is 18.0 Å². The van der Waals surface area contributed by atoms with Gasteiger partial charge in [0.1, 0.15) is 5.78 Å². The largest absolute Gasteiger partial charge is 0.401 e. The second kappa shape index (κ2) is 10.6. The summed E-state index contributed by atoms with van der Waals surface area (Å²) in [5.41, 5.74) is 0. The van der Waals surface area contributed by atoms with Gasteiger partial charge >= 0.3 is 12.2 Å². The molecule has 1 heterocycles. The highest BCUT2D eigenvalue weighted by atomic mass is 19.4. The van der Waals surface area contributed by atoms with Crippen LogP contribution in [-0.2, 0) is 9.59 Å². The number of imide groups is 1. The lowest BCUT2D eigenvalue weighted by Crippen LogP contribution is -2.57. The van der Waals surface area contributed by atoms with Gasteiger partial charge in [-0.2, -0.15) is 13.2 Å². The van der Waals surface area contributed by atoms with Gasteiger partial charge in [0.15, 0.2) is 0 Å². The molecule has 1 saturated carbocycles. The van der Waals surface area contributed by atoms with Crippen molar-refractivity contribution in [1.82, 2.24) is 20.0 Å². The first-order chi connectivity index (χ1) is 14.0. The van der Waals surface area contributed by atoms with Gasteiger partial charge in [-0.1, -0.05) is 6.92 Å². The maximum atomic E-state index is 13.2. The molecule has 0 aromatic carbocycles. The molecule has 2 aliphatic rings. The number of Topliss-reactive ketones (excluding diaryl/α,β-unsaturated/α-hetero) is 1. The van der Waals surface area contributed by atoms with Crippen molar-refractivity contribution in [3.8, 4) is 0 Å². The molecule has 1 N–H and O–H groups in total. The number of hydrogen-bond acceptors (Lipinski definition) is 5. The van der Waals surface area contributed by atoms with Crippen LogP contribution in [0.2, 0.25) is 0 Å². The Kier molecular flexibility index (Phi) is 8.66. The lowest BCUT2D eigenvalue weighted by molar-refractivity contribution is -0.167. The van der Waals surface area contributed by atoms with Crippen LogP contribution in [0, 0.1) is 11.8 Å². The Hall–Kier alpha value is -1.68. The van der Waals surface area contributed by atoms with E-state index < -0.39 is 30.6 Å². The summed E-state index contributed by atoms with van der Waals surface area (Å²) < 4.78 is 39.4. The molecule has 172 valence electrons. The number of halogens is 3. The highest BCUT2D eigenvalue weighted by Gasteiger charge is 2.46. The Bertz CT molecular complexity index is 627. The number of nitrogens with one attached hydrogen (secondary N) is 1. The van der Waals surface area contributed by atoms with E-state index in [4.69, 9.17) is 0 Å². The van der Waals surface area contributed by atoms with Crippen molar-refractivity contribution in [2.75, 3.05) is 46.8 Å². The van der Waals surface area contributed by atoms with E-state index >= 15 is 0 Å². The summed E-state index contributed by atoms with van der Waals surface area (Å²) in [5, 5.41) is 2.71. The van der Waals surface area contributed by atoms with Crippen LogP contribution >= 0.6 is 0 Å². The lowest BCUT2D eigenvalue weighted by Gasteiger charge is -2.47. The van der Waals surface area contributed by atoms with Crippen LogP contribution in [0.3, 0.4) is 0 Å². The molecule has 0 aromatic rings. The molecule has 0 aromatic heterocycles. The first kappa shape index (κ1) is 24.6. The van der Waals surface area contributed by atoms with Crippen LogP contribution in [0.25, 0.3) is 0 Å². The van der Waals surface area contributed by atoms with E-state index in [0.717, 1.165) is 4.90 Å². The summed E-state index contributed by atoms with van der Waals surface area (Å²) >= 11 is 0. The Labute approximate surface area is 175 Å². The lowest BCUT2D eigenvalue weighted by atomic mass is 9.74. The number of nitrogens with zero attached hydrogens (tertiary/aromatic N) is 3. The molecule has 0 bridgehead atoms. The molecule has 10 heteroatoms. The average Bonchev–Trinajstić information content (AvgIpc) is 2.63. The van der Waals surface area contributed by atoms with Gasteiger partial charge in [0.2, 0.25) is 5.91 Å². The van der Waals surface area contributed by atoms with Crippen molar-refractivity contribution in [2.45, 2.75) is 51.2 Å². The van der Waals surface area contributed by atoms with Gasteiger partial charge in [0.05, 0.1) is 12.5 Å². The third-order valence-corrected chi connectivity index (χ3v) is 5.79. The Morgan fingerprint density at radius 2 is 1.93 bits per heavy atom. The molecular formula is C20H33F3N4O3.